The number of nitrogens with zero attached hydrogens (tertiary/aromatic N) is 1. The second-order valence-corrected chi connectivity index (χ2v) is 8.77. The topological polar surface area (TPSA) is 77.1 Å². The van der Waals surface area contributed by atoms with E-state index in [4.69, 9.17) is 14.2 Å². The number of ether oxygens (including phenoxy) is 3. The molecule has 178 valence electrons. The van der Waals surface area contributed by atoms with Crippen molar-refractivity contribution in [2.45, 2.75) is 70.3 Å². The van der Waals surface area contributed by atoms with Crippen LogP contribution in [0, 0.1) is 5.92 Å². The molecule has 0 aromatic heterocycles. The first kappa shape index (κ1) is 24.2. The van der Waals surface area contributed by atoms with Crippen molar-refractivity contribution in [1.82, 2.24) is 10.2 Å². The van der Waals surface area contributed by atoms with E-state index in [0.717, 1.165) is 44.1 Å². The zero-order chi connectivity index (χ0) is 23.1. The minimum Gasteiger partial charge on any atom is -0.493 e. The fraction of sp³-hybridized carbons (Fsp3) is 0.680. The number of methoxy groups -OCH3 is 3. The Hall–Kier alpha value is -2.44. The highest BCUT2D eigenvalue weighted by Gasteiger charge is 2.40. The number of hydrogen-bond acceptors (Lipinski definition) is 5. The Morgan fingerprint density at radius 1 is 0.969 bits per heavy atom. The highest BCUT2D eigenvalue weighted by Crippen LogP contribution is 2.45. The normalized spacial score (nSPS) is 20.4. The van der Waals surface area contributed by atoms with Crippen LogP contribution >= 0.6 is 0 Å². The van der Waals surface area contributed by atoms with E-state index in [1.165, 1.54) is 6.42 Å². The molecule has 0 radical (unpaired) electrons. The summed E-state index contributed by atoms with van der Waals surface area (Å²) in [5, 5.41) is 2.92. The first-order valence-corrected chi connectivity index (χ1v) is 11.9. The number of likely N-dealkylation sites (tertiary alicyclic amines) is 1. The van der Waals surface area contributed by atoms with Gasteiger partial charge in [0.05, 0.1) is 27.2 Å². The average Bonchev–Trinajstić information content (AvgIpc) is 2.84. The lowest BCUT2D eigenvalue weighted by Crippen LogP contribution is -2.53. The maximum absolute atomic E-state index is 14.1. The van der Waals surface area contributed by atoms with E-state index >= 15 is 0 Å². The molecule has 1 aliphatic carbocycles. The minimum absolute atomic E-state index is 0.0436. The van der Waals surface area contributed by atoms with Crippen molar-refractivity contribution in [3.05, 3.63) is 17.7 Å². The molecule has 2 amide bonds. The van der Waals surface area contributed by atoms with Gasteiger partial charge in [-0.2, -0.15) is 0 Å². The van der Waals surface area contributed by atoms with Crippen molar-refractivity contribution in [2.24, 2.45) is 5.92 Å². The van der Waals surface area contributed by atoms with Crippen LogP contribution in [0.3, 0.4) is 0 Å². The monoisotopic (exact) mass is 446 g/mol. The third kappa shape index (κ3) is 5.13. The van der Waals surface area contributed by atoms with Gasteiger partial charge in [-0.3, -0.25) is 9.59 Å². The highest BCUT2D eigenvalue weighted by atomic mass is 16.5. The van der Waals surface area contributed by atoms with Crippen LogP contribution in [0.5, 0.6) is 17.2 Å². The van der Waals surface area contributed by atoms with Gasteiger partial charge in [0.1, 0.15) is 6.04 Å². The van der Waals surface area contributed by atoms with E-state index in [1.807, 2.05) is 24.0 Å². The molecule has 1 aromatic rings. The second-order valence-electron chi connectivity index (χ2n) is 8.77. The minimum atomic E-state index is -0.399. The van der Waals surface area contributed by atoms with Crippen LogP contribution in [0.1, 0.15) is 69.8 Å². The van der Waals surface area contributed by atoms with Crippen molar-refractivity contribution in [2.75, 3.05) is 34.4 Å². The number of piperidine rings is 1. The summed E-state index contributed by atoms with van der Waals surface area (Å²) in [7, 11) is 4.76. The Balaban J connectivity index is 2.03. The quantitative estimate of drug-likeness (QED) is 0.656. The van der Waals surface area contributed by atoms with Gasteiger partial charge in [-0.1, -0.05) is 19.3 Å². The number of likely N-dealkylation sites (N-methyl/N-ethyl adjacent to an activating group) is 1. The first-order chi connectivity index (χ1) is 15.5. The third-order valence-electron chi connectivity index (χ3n) is 6.87. The molecule has 1 saturated heterocycles. The molecule has 1 aliphatic heterocycles. The molecule has 0 unspecified atom stereocenters. The van der Waals surface area contributed by atoms with Gasteiger partial charge in [0.25, 0.3) is 0 Å². The summed E-state index contributed by atoms with van der Waals surface area (Å²) < 4.78 is 16.7. The molecule has 1 aromatic carbocycles. The number of amides is 2. The van der Waals surface area contributed by atoms with Gasteiger partial charge in [0, 0.05) is 13.1 Å². The number of rotatable bonds is 8. The highest BCUT2D eigenvalue weighted by molar-refractivity contribution is 5.91. The number of carbonyl (C=O) groups is 2. The zero-order valence-electron chi connectivity index (χ0n) is 19.9. The predicted octanol–water partition coefficient (Wildman–Crippen LogP) is 3.89. The standard InChI is InChI=1S/C25H38N2O5/c1-5-26-24(28)19-13-9-10-14-27(19)25(29)22(17-11-7-6-8-12-17)18-15-20(30-2)23(32-4)21(16-18)31-3/h15-17,19,22H,5-14H2,1-4H3,(H,26,28)/t19-,22-/m0/s1. The Bertz CT molecular complexity index is 766. The molecule has 2 aliphatic rings. The largest absolute Gasteiger partial charge is 0.493 e. The fourth-order valence-electron chi connectivity index (χ4n) is 5.30. The average molecular weight is 447 g/mol. The van der Waals surface area contributed by atoms with Crippen molar-refractivity contribution in [1.29, 1.82) is 0 Å². The molecule has 1 saturated carbocycles. The van der Waals surface area contributed by atoms with Crippen LogP contribution < -0.4 is 19.5 Å². The fourth-order valence-corrected chi connectivity index (χ4v) is 5.30. The first-order valence-electron chi connectivity index (χ1n) is 11.9. The van der Waals surface area contributed by atoms with Crippen LogP contribution in [0.2, 0.25) is 0 Å². The van der Waals surface area contributed by atoms with Gasteiger partial charge in [-0.15, -0.1) is 0 Å². The van der Waals surface area contributed by atoms with E-state index in [9.17, 15) is 9.59 Å². The van der Waals surface area contributed by atoms with Crippen LogP contribution in [0.4, 0.5) is 0 Å². The van der Waals surface area contributed by atoms with Crippen molar-refractivity contribution >= 4 is 11.8 Å². The second kappa shape index (κ2) is 11.4. The summed E-state index contributed by atoms with van der Waals surface area (Å²) in [4.78, 5) is 28.7. The summed E-state index contributed by atoms with van der Waals surface area (Å²) >= 11 is 0. The van der Waals surface area contributed by atoms with Crippen molar-refractivity contribution in [3.8, 4) is 17.2 Å². The third-order valence-corrected chi connectivity index (χ3v) is 6.87. The molecular formula is C25H38N2O5. The van der Waals surface area contributed by atoms with Gasteiger partial charge < -0.3 is 24.4 Å². The summed E-state index contributed by atoms with van der Waals surface area (Å²) in [6.07, 6.45) is 8.07. The summed E-state index contributed by atoms with van der Waals surface area (Å²) in [6, 6.07) is 3.41. The van der Waals surface area contributed by atoms with E-state index in [-0.39, 0.29) is 23.7 Å². The van der Waals surface area contributed by atoms with Gasteiger partial charge in [-0.05, 0) is 62.6 Å². The number of hydrogen-bond donors (Lipinski definition) is 1. The summed E-state index contributed by atoms with van der Waals surface area (Å²) in [5.74, 6) is 1.51. The van der Waals surface area contributed by atoms with Crippen molar-refractivity contribution < 1.29 is 23.8 Å². The molecule has 1 N–H and O–H groups in total. The van der Waals surface area contributed by atoms with Gasteiger partial charge >= 0.3 is 0 Å². The molecule has 2 atom stereocenters. The van der Waals surface area contributed by atoms with Gasteiger partial charge in [0.15, 0.2) is 11.5 Å². The summed E-state index contributed by atoms with van der Waals surface area (Å²) in [6.45, 7) is 3.10. The van der Waals surface area contributed by atoms with Crippen LogP contribution in [-0.4, -0.2) is 57.2 Å². The van der Waals surface area contributed by atoms with E-state index in [2.05, 4.69) is 5.32 Å². The van der Waals surface area contributed by atoms with Crippen LogP contribution in [0.25, 0.3) is 0 Å². The zero-order valence-corrected chi connectivity index (χ0v) is 19.9. The number of nitrogens with one attached hydrogen (secondary N) is 1. The molecule has 1 heterocycles. The van der Waals surface area contributed by atoms with Crippen LogP contribution in [0.15, 0.2) is 12.1 Å². The molecule has 2 fully saturated rings. The maximum Gasteiger partial charge on any atom is 0.242 e. The van der Waals surface area contributed by atoms with E-state index in [0.29, 0.717) is 36.8 Å². The molecule has 3 rings (SSSR count). The van der Waals surface area contributed by atoms with E-state index < -0.39 is 6.04 Å². The molecule has 0 bridgehead atoms. The summed E-state index contributed by atoms with van der Waals surface area (Å²) in [5.41, 5.74) is 0.872. The molecule has 7 heteroatoms. The molecule has 32 heavy (non-hydrogen) atoms. The Morgan fingerprint density at radius 3 is 2.16 bits per heavy atom. The number of benzene rings is 1. The molecule has 0 spiro atoms. The van der Waals surface area contributed by atoms with Crippen LogP contribution in [-0.2, 0) is 9.59 Å². The Kier molecular flexibility index (Phi) is 8.65. The van der Waals surface area contributed by atoms with Gasteiger partial charge in [0.2, 0.25) is 17.6 Å². The van der Waals surface area contributed by atoms with Crippen molar-refractivity contribution in [3.63, 3.8) is 0 Å². The SMILES string of the molecule is CCNC(=O)[C@@H]1CCCCN1C(=O)[C@H](c1cc(OC)c(OC)c(OC)c1)C1CCCCC1. The lowest BCUT2D eigenvalue weighted by atomic mass is 9.75. The predicted molar refractivity (Wildman–Crippen MR) is 123 cm³/mol. The Labute approximate surface area is 191 Å². The molecular weight excluding hydrogens is 408 g/mol. The number of carbonyl (C=O) groups excluding carboxylic acids is 2. The lowest BCUT2D eigenvalue weighted by molar-refractivity contribution is -0.144. The van der Waals surface area contributed by atoms with E-state index in [1.54, 1.807) is 21.3 Å². The Morgan fingerprint density at radius 2 is 1.59 bits per heavy atom. The van der Waals surface area contributed by atoms with Gasteiger partial charge in [-0.25, -0.2) is 0 Å². The smallest absolute Gasteiger partial charge is 0.242 e. The molecule has 7 nitrogen and oxygen atoms in total. The lowest BCUT2D eigenvalue weighted by Gasteiger charge is -2.39. The maximum atomic E-state index is 14.1.